The number of hydrogen-bond donors (Lipinski definition) is 1. The van der Waals surface area contributed by atoms with E-state index in [9.17, 15) is 25.7 Å². The molecule has 2 aromatic carbocycles. The summed E-state index contributed by atoms with van der Waals surface area (Å²) in [5, 5.41) is 37.7. The number of benzene rings is 2. The molecule has 1 aliphatic heterocycles. The predicted octanol–water partition coefficient (Wildman–Crippen LogP) is 3.01. The van der Waals surface area contributed by atoms with E-state index < -0.39 is 17.9 Å². The largest absolute Gasteiger partial charge is 0.480 e. The molecule has 0 saturated carbocycles. The number of aliphatic carboxylic acids is 1. The highest BCUT2D eigenvalue weighted by Gasteiger charge is 2.44. The first-order valence-electron chi connectivity index (χ1n) is 8.13. The van der Waals surface area contributed by atoms with E-state index in [1.807, 2.05) is 24.3 Å². The number of rotatable bonds is 3. The van der Waals surface area contributed by atoms with Gasteiger partial charge in [0.1, 0.15) is 17.8 Å². The maximum Gasteiger partial charge on any atom is 0.327 e. The number of carboxylic acid groups (broad SMARTS) is 1. The van der Waals surface area contributed by atoms with Crippen LogP contribution in [-0.4, -0.2) is 29.1 Å². The van der Waals surface area contributed by atoms with Crippen molar-refractivity contribution in [1.82, 2.24) is 4.90 Å². The average Bonchev–Trinajstić information content (AvgIpc) is 2.99. The molecule has 0 bridgehead atoms. The third-order valence-corrected chi connectivity index (χ3v) is 4.76. The van der Waals surface area contributed by atoms with Gasteiger partial charge in [-0.3, -0.25) is 0 Å². The van der Waals surface area contributed by atoms with Gasteiger partial charge in [-0.05, 0) is 22.8 Å². The van der Waals surface area contributed by atoms with Crippen LogP contribution in [0.25, 0.3) is 11.1 Å². The fourth-order valence-electron chi connectivity index (χ4n) is 3.48. The molecule has 0 spiro atoms. The highest BCUT2D eigenvalue weighted by molar-refractivity contribution is 5.79. The molecule has 130 valence electrons. The van der Waals surface area contributed by atoms with Crippen molar-refractivity contribution in [2.45, 2.75) is 12.0 Å². The summed E-state index contributed by atoms with van der Waals surface area (Å²) in [5.74, 6) is -1.83. The van der Waals surface area contributed by atoms with Crippen molar-refractivity contribution in [2.75, 3.05) is 7.05 Å². The fourth-order valence-corrected chi connectivity index (χ4v) is 3.48. The lowest BCUT2D eigenvalue weighted by molar-refractivity contribution is -0.141. The minimum Gasteiger partial charge on any atom is -0.480 e. The highest BCUT2D eigenvalue weighted by Crippen LogP contribution is 2.40. The Morgan fingerprint density at radius 3 is 2.22 bits per heavy atom. The highest BCUT2D eigenvalue weighted by atomic mass is 16.4. The summed E-state index contributed by atoms with van der Waals surface area (Å²) < 4.78 is 0. The van der Waals surface area contributed by atoms with Crippen molar-refractivity contribution >= 4 is 5.97 Å². The van der Waals surface area contributed by atoms with E-state index in [4.69, 9.17) is 0 Å². The Balaban J connectivity index is 2.07. The van der Waals surface area contributed by atoms with E-state index in [0.717, 1.165) is 11.1 Å². The van der Waals surface area contributed by atoms with Crippen molar-refractivity contribution in [2.24, 2.45) is 0 Å². The van der Waals surface area contributed by atoms with Crippen LogP contribution in [0.4, 0.5) is 0 Å². The Morgan fingerprint density at radius 1 is 1.00 bits per heavy atom. The van der Waals surface area contributed by atoms with Gasteiger partial charge in [-0.2, -0.15) is 15.8 Å². The summed E-state index contributed by atoms with van der Waals surface area (Å²) in [7, 11) is 1.51. The topological polar surface area (TPSA) is 112 Å². The van der Waals surface area contributed by atoms with Crippen molar-refractivity contribution < 1.29 is 9.90 Å². The minimum atomic E-state index is -1.10. The third-order valence-electron chi connectivity index (χ3n) is 4.76. The number of carbonyl (C=O) groups is 1. The first-order valence-corrected chi connectivity index (χ1v) is 8.13. The minimum absolute atomic E-state index is 0.0776. The Labute approximate surface area is 156 Å². The van der Waals surface area contributed by atoms with Crippen LogP contribution in [0.15, 0.2) is 59.8 Å². The van der Waals surface area contributed by atoms with Gasteiger partial charge in [0.05, 0.1) is 29.2 Å². The predicted molar refractivity (Wildman–Crippen MR) is 96.8 cm³/mol. The van der Waals surface area contributed by atoms with Gasteiger partial charge in [0.15, 0.2) is 0 Å². The van der Waals surface area contributed by atoms with Gasteiger partial charge >= 0.3 is 5.97 Å². The molecule has 2 unspecified atom stereocenters. The monoisotopic (exact) mass is 354 g/mol. The van der Waals surface area contributed by atoms with E-state index in [2.05, 4.69) is 6.07 Å². The number of allylic oxidation sites excluding steroid dienone is 1. The second-order valence-electron chi connectivity index (χ2n) is 6.14. The maximum absolute atomic E-state index is 11.8. The zero-order chi connectivity index (χ0) is 19.6. The Kier molecular flexibility index (Phi) is 4.62. The van der Waals surface area contributed by atoms with Crippen molar-refractivity contribution in [3.8, 4) is 29.3 Å². The van der Waals surface area contributed by atoms with Gasteiger partial charge in [0, 0.05) is 7.05 Å². The fraction of sp³-hybridized carbons (Fsp3) is 0.143. The molecular weight excluding hydrogens is 340 g/mol. The summed E-state index contributed by atoms with van der Waals surface area (Å²) >= 11 is 0. The second-order valence-corrected chi connectivity index (χ2v) is 6.14. The molecule has 6 nitrogen and oxygen atoms in total. The smallest absolute Gasteiger partial charge is 0.327 e. The summed E-state index contributed by atoms with van der Waals surface area (Å²) in [5.41, 5.74) is 3.00. The van der Waals surface area contributed by atoms with E-state index in [-0.39, 0.29) is 11.3 Å². The van der Waals surface area contributed by atoms with Gasteiger partial charge in [0.25, 0.3) is 0 Å². The molecular formula is C21H14N4O2. The summed E-state index contributed by atoms with van der Waals surface area (Å²) in [6.45, 7) is 0. The van der Waals surface area contributed by atoms with Crippen LogP contribution in [0.1, 0.15) is 17.0 Å². The summed E-state index contributed by atoms with van der Waals surface area (Å²) in [6.07, 6.45) is 0. The molecule has 0 aromatic heterocycles. The maximum atomic E-state index is 11.8. The molecule has 0 aliphatic carbocycles. The molecule has 0 saturated heterocycles. The molecule has 1 heterocycles. The standard InChI is InChI=1S/C21H14N4O2/c1-25-18(12-24)17(11-23)19(20(25)21(26)27)14-8-6-13(7-9-14)16-5-3-2-4-15(16)10-22/h2-9,19-20H,1H3,(H,26,27). The molecule has 1 N–H and O–H groups in total. The SMILES string of the molecule is CN1C(C#N)=C(C#N)C(c2ccc(-c3ccccc3C#N)cc2)C1C(=O)O. The normalized spacial score (nSPS) is 18.5. The van der Waals surface area contributed by atoms with E-state index in [1.165, 1.54) is 11.9 Å². The van der Waals surface area contributed by atoms with Gasteiger partial charge in [0.2, 0.25) is 0 Å². The van der Waals surface area contributed by atoms with E-state index in [1.54, 1.807) is 36.4 Å². The molecule has 27 heavy (non-hydrogen) atoms. The van der Waals surface area contributed by atoms with Crippen LogP contribution < -0.4 is 0 Å². The number of likely N-dealkylation sites (N-methyl/N-ethyl adjacent to an activating group) is 1. The van der Waals surface area contributed by atoms with Crippen molar-refractivity contribution in [3.63, 3.8) is 0 Å². The zero-order valence-electron chi connectivity index (χ0n) is 14.4. The lowest BCUT2D eigenvalue weighted by Crippen LogP contribution is -2.37. The van der Waals surface area contributed by atoms with Gasteiger partial charge < -0.3 is 10.0 Å². The van der Waals surface area contributed by atoms with Crippen LogP contribution in [0, 0.1) is 34.0 Å². The van der Waals surface area contributed by atoms with Gasteiger partial charge in [-0.15, -0.1) is 0 Å². The molecule has 0 amide bonds. The van der Waals surface area contributed by atoms with Crippen LogP contribution in [-0.2, 0) is 4.79 Å². The Morgan fingerprint density at radius 2 is 1.67 bits per heavy atom. The number of carboxylic acids is 1. The Bertz CT molecular complexity index is 1070. The van der Waals surface area contributed by atoms with Gasteiger partial charge in [-0.1, -0.05) is 42.5 Å². The lowest BCUT2D eigenvalue weighted by atomic mass is 9.86. The van der Waals surface area contributed by atoms with Crippen molar-refractivity contribution in [3.05, 3.63) is 70.9 Å². The van der Waals surface area contributed by atoms with Crippen LogP contribution >= 0.6 is 0 Å². The van der Waals surface area contributed by atoms with E-state index >= 15 is 0 Å². The lowest BCUT2D eigenvalue weighted by Gasteiger charge is -2.23. The molecule has 2 atom stereocenters. The van der Waals surface area contributed by atoms with Crippen molar-refractivity contribution in [1.29, 1.82) is 15.8 Å². The second kappa shape index (κ2) is 7.04. The molecule has 2 aromatic rings. The molecule has 6 heteroatoms. The summed E-state index contributed by atoms with van der Waals surface area (Å²) in [4.78, 5) is 13.1. The summed E-state index contributed by atoms with van der Waals surface area (Å²) in [6, 6.07) is 19.3. The molecule has 1 aliphatic rings. The van der Waals surface area contributed by atoms with Gasteiger partial charge in [-0.25, -0.2) is 4.79 Å². The molecule has 0 radical (unpaired) electrons. The molecule has 0 fully saturated rings. The van der Waals surface area contributed by atoms with Crippen LogP contribution in [0.3, 0.4) is 0 Å². The Hall–Kier alpha value is -4.08. The van der Waals surface area contributed by atoms with Crippen LogP contribution in [0.5, 0.6) is 0 Å². The average molecular weight is 354 g/mol. The number of nitriles is 3. The molecule has 3 rings (SSSR count). The first kappa shape index (κ1) is 17.7. The first-order chi connectivity index (χ1) is 13.0. The zero-order valence-corrected chi connectivity index (χ0v) is 14.4. The number of nitrogens with zero attached hydrogens (tertiary/aromatic N) is 4. The third kappa shape index (κ3) is 2.88. The quantitative estimate of drug-likeness (QED) is 0.907. The number of hydrogen-bond acceptors (Lipinski definition) is 5. The van der Waals surface area contributed by atoms with E-state index in [0.29, 0.717) is 11.1 Å². The van der Waals surface area contributed by atoms with Crippen LogP contribution in [0.2, 0.25) is 0 Å².